The molecular formula is C8H8BrN3O2S2. The van der Waals surface area contributed by atoms with Crippen LogP contribution in [0.1, 0.15) is 5.56 Å². The number of nitrogens with one attached hydrogen (secondary N) is 2. The summed E-state index contributed by atoms with van der Waals surface area (Å²) in [4.78, 5) is 0. The van der Waals surface area contributed by atoms with Crippen molar-refractivity contribution in [1.29, 1.82) is 0 Å². The Morgan fingerprint density at radius 2 is 2.31 bits per heavy atom. The van der Waals surface area contributed by atoms with Crippen molar-refractivity contribution in [3.05, 3.63) is 33.9 Å². The van der Waals surface area contributed by atoms with Crippen LogP contribution in [0, 0.1) is 0 Å². The van der Waals surface area contributed by atoms with Gasteiger partial charge < -0.3 is 0 Å². The molecule has 8 heteroatoms. The second-order valence-corrected chi connectivity index (χ2v) is 7.45. The van der Waals surface area contributed by atoms with Gasteiger partial charge >= 0.3 is 0 Å². The summed E-state index contributed by atoms with van der Waals surface area (Å²) in [6, 6.07) is 3.27. The molecular weight excluding hydrogens is 314 g/mol. The van der Waals surface area contributed by atoms with E-state index in [9.17, 15) is 8.42 Å². The molecule has 0 aromatic carbocycles. The van der Waals surface area contributed by atoms with Crippen LogP contribution in [-0.2, 0) is 16.6 Å². The molecule has 16 heavy (non-hydrogen) atoms. The van der Waals surface area contributed by atoms with Gasteiger partial charge in [0.2, 0.25) is 10.0 Å². The summed E-state index contributed by atoms with van der Waals surface area (Å²) in [6.07, 6.45) is 3.22. The fourth-order valence-electron chi connectivity index (χ4n) is 1.07. The zero-order chi connectivity index (χ0) is 11.6. The molecule has 86 valence electrons. The van der Waals surface area contributed by atoms with Gasteiger partial charge in [-0.25, -0.2) is 13.1 Å². The maximum Gasteiger partial charge on any atom is 0.250 e. The monoisotopic (exact) mass is 321 g/mol. The highest BCUT2D eigenvalue weighted by Crippen LogP contribution is 2.25. The zero-order valence-corrected chi connectivity index (χ0v) is 11.2. The van der Waals surface area contributed by atoms with E-state index in [0.717, 1.165) is 9.35 Å². The molecule has 0 bridgehead atoms. The van der Waals surface area contributed by atoms with Gasteiger partial charge in [-0.1, -0.05) is 0 Å². The molecule has 2 N–H and O–H groups in total. The Morgan fingerprint density at radius 3 is 2.88 bits per heavy atom. The number of aromatic nitrogens is 2. The summed E-state index contributed by atoms with van der Waals surface area (Å²) in [5, 5.41) is 6.36. The van der Waals surface area contributed by atoms with Gasteiger partial charge in [0.1, 0.15) is 4.21 Å². The number of hydrogen-bond acceptors (Lipinski definition) is 4. The lowest BCUT2D eigenvalue weighted by molar-refractivity contribution is 0.583. The third-order valence-electron chi connectivity index (χ3n) is 1.83. The second kappa shape index (κ2) is 4.66. The lowest BCUT2D eigenvalue weighted by Crippen LogP contribution is -2.22. The van der Waals surface area contributed by atoms with Gasteiger partial charge in [0, 0.05) is 18.3 Å². The summed E-state index contributed by atoms with van der Waals surface area (Å²) in [6.45, 7) is 0.231. The van der Waals surface area contributed by atoms with E-state index in [0.29, 0.717) is 4.21 Å². The van der Waals surface area contributed by atoms with Crippen molar-refractivity contribution >= 4 is 37.3 Å². The smallest absolute Gasteiger partial charge is 0.250 e. The van der Waals surface area contributed by atoms with Crippen molar-refractivity contribution in [3.63, 3.8) is 0 Å². The predicted octanol–water partition coefficient (Wildman–Crippen LogP) is 1.71. The van der Waals surface area contributed by atoms with Gasteiger partial charge in [0.05, 0.1) is 9.98 Å². The van der Waals surface area contributed by atoms with Crippen LogP contribution >= 0.6 is 27.3 Å². The summed E-state index contributed by atoms with van der Waals surface area (Å²) >= 11 is 4.40. The van der Waals surface area contributed by atoms with Crippen molar-refractivity contribution in [2.75, 3.05) is 0 Å². The van der Waals surface area contributed by atoms with E-state index in [2.05, 4.69) is 30.8 Å². The number of hydrogen-bond donors (Lipinski definition) is 2. The minimum atomic E-state index is -3.42. The summed E-state index contributed by atoms with van der Waals surface area (Å²) in [5.41, 5.74) is 0.791. The predicted molar refractivity (Wildman–Crippen MR) is 64.6 cm³/mol. The fraction of sp³-hybridized carbons (Fsp3) is 0.125. The van der Waals surface area contributed by atoms with E-state index < -0.39 is 10.0 Å². The summed E-state index contributed by atoms with van der Waals surface area (Å²) < 4.78 is 27.2. The molecule has 2 aromatic heterocycles. The zero-order valence-electron chi connectivity index (χ0n) is 7.97. The third kappa shape index (κ3) is 2.70. The number of aromatic amines is 1. The lowest BCUT2D eigenvalue weighted by atomic mass is 10.4. The molecule has 0 saturated carbocycles. The van der Waals surface area contributed by atoms with Gasteiger partial charge in [-0.05, 0) is 28.1 Å². The molecule has 2 heterocycles. The molecule has 5 nitrogen and oxygen atoms in total. The molecule has 0 aliphatic rings. The van der Waals surface area contributed by atoms with Crippen molar-refractivity contribution in [1.82, 2.24) is 14.9 Å². The molecule has 0 fully saturated rings. The van der Waals surface area contributed by atoms with E-state index >= 15 is 0 Å². The van der Waals surface area contributed by atoms with Crippen LogP contribution in [0.15, 0.2) is 32.5 Å². The van der Waals surface area contributed by atoms with E-state index in [-0.39, 0.29) is 6.54 Å². The molecule has 0 unspecified atom stereocenters. The molecule has 0 saturated heterocycles. The Morgan fingerprint density at radius 1 is 1.50 bits per heavy atom. The van der Waals surface area contributed by atoms with E-state index in [1.165, 1.54) is 11.3 Å². The Kier molecular flexibility index (Phi) is 3.43. The second-order valence-electron chi connectivity index (χ2n) is 2.99. The molecule has 2 rings (SSSR count). The van der Waals surface area contributed by atoms with Crippen molar-refractivity contribution in [2.45, 2.75) is 10.8 Å². The Bertz CT molecular complexity index is 562. The first kappa shape index (κ1) is 11.8. The molecule has 0 atom stereocenters. The lowest BCUT2D eigenvalue weighted by Gasteiger charge is -2.01. The number of sulfonamides is 1. The van der Waals surface area contributed by atoms with Crippen LogP contribution in [0.4, 0.5) is 0 Å². The van der Waals surface area contributed by atoms with E-state index in [4.69, 9.17) is 0 Å². The molecule has 0 aliphatic carbocycles. The molecule has 0 radical (unpaired) electrons. The third-order valence-corrected chi connectivity index (χ3v) is 5.35. The minimum Gasteiger partial charge on any atom is -0.285 e. The average molecular weight is 322 g/mol. The van der Waals surface area contributed by atoms with Gasteiger partial charge in [0.15, 0.2) is 0 Å². The number of thiophene rings is 1. The number of rotatable bonds is 4. The Balaban J connectivity index is 2.09. The molecule has 0 spiro atoms. The number of halogens is 1. The van der Waals surface area contributed by atoms with Gasteiger partial charge in [0.25, 0.3) is 0 Å². The van der Waals surface area contributed by atoms with Crippen LogP contribution in [0.5, 0.6) is 0 Å². The maximum atomic E-state index is 11.8. The minimum absolute atomic E-state index is 0.231. The first-order valence-electron chi connectivity index (χ1n) is 4.30. The summed E-state index contributed by atoms with van der Waals surface area (Å²) in [5.74, 6) is 0. The molecule has 2 aromatic rings. The van der Waals surface area contributed by atoms with Gasteiger partial charge in [-0.3, -0.25) is 5.10 Å². The first-order valence-corrected chi connectivity index (χ1v) is 7.40. The number of H-pyrrole nitrogens is 1. The standard InChI is InChI=1S/C8H8BrN3O2S2/c9-7-1-2-8(15-7)16(13,14)12-5-6-3-10-11-4-6/h1-4,12H,5H2,(H,10,11). The van der Waals surface area contributed by atoms with Crippen LogP contribution in [0.3, 0.4) is 0 Å². The van der Waals surface area contributed by atoms with Crippen molar-refractivity contribution in [2.24, 2.45) is 0 Å². The van der Waals surface area contributed by atoms with Crippen molar-refractivity contribution in [3.8, 4) is 0 Å². The maximum absolute atomic E-state index is 11.8. The highest BCUT2D eigenvalue weighted by Gasteiger charge is 2.15. The average Bonchev–Trinajstić information content (AvgIpc) is 2.85. The fourth-order valence-corrected chi connectivity index (χ4v) is 4.14. The molecule has 0 amide bonds. The Labute approximate surface area is 105 Å². The molecule has 0 aliphatic heterocycles. The van der Waals surface area contributed by atoms with Crippen LogP contribution in [-0.4, -0.2) is 18.6 Å². The Hall–Kier alpha value is -0.700. The van der Waals surface area contributed by atoms with Gasteiger partial charge in [-0.15, -0.1) is 11.3 Å². The highest BCUT2D eigenvalue weighted by atomic mass is 79.9. The SMILES string of the molecule is O=S(=O)(NCc1cn[nH]c1)c1ccc(Br)s1. The van der Waals surface area contributed by atoms with Crippen LogP contribution in [0.25, 0.3) is 0 Å². The van der Waals surface area contributed by atoms with Crippen LogP contribution in [0.2, 0.25) is 0 Å². The van der Waals surface area contributed by atoms with Crippen molar-refractivity contribution < 1.29 is 8.42 Å². The topological polar surface area (TPSA) is 74.8 Å². The summed E-state index contributed by atoms with van der Waals surface area (Å²) in [7, 11) is -3.42. The quantitative estimate of drug-likeness (QED) is 0.900. The van der Waals surface area contributed by atoms with E-state index in [1.807, 2.05) is 0 Å². The first-order chi connectivity index (χ1) is 7.58. The van der Waals surface area contributed by atoms with E-state index in [1.54, 1.807) is 24.5 Å². The largest absolute Gasteiger partial charge is 0.285 e. The normalized spacial score (nSPS) is 11.8. The highest BCUT2D eigenvalue weighted by molar-refractivity contribution is 9.11. The number of nitrogens with zero attached hydrogens (tertiary/aromatic N) is 1. The van der Waals surface area contributed by atoms with Gasteiger partial charge in [-0.2, -0.15) is 5.10 Å². The van der Waals surface area contributed by atoms with Crippen LogP contribution < -0.4 is 4.72 Å².